The van der Waals surface area contributed by atoms with E-state index in [1.807, 2.05) is 36.1 Å². The van der Waals surface area contributed by atoms with Crippen molar-refractivity contribution >= 4 is 48.0 Å². The van der Waals surface area contributed by atoms with E-state index in [1.54, 1.807) is 0 Å². The number of hydrogen-bond acceptors (Lipinski definition) is 4. The van der Waals surface area contributed by atoms with Crippen molar-refractivity contribution in [1.82, 2.24) is 10.2 Å². The van der Waals surface area contributed by atoms with Gasteiger partial charge in [-0.25, -0.2) is 0 Å². The van der Waals surface area contributed by atoms with Crippen LogP contribution >= 0.6 is 36.4 Å². The fourth-order valence-corrected chi connectivity index (χ4v) is 3.34. The molecular weight excluding hydrogens is 373 g/mol. The van der Waals surface area contributed by atoms with Crippen LogP contribution in [0.3, 0.4) is 0 Å². The maximum atomic E-state index is 12.6. The van der Waals surface area contributed by atoms with Crippen molar-refractivity contribution < 1.29 is 9.53 Å². The van der Waals surface area contributed by atoms with Crippen LogP contribution in [0.4, 0.5) is 5.69 Å². The van der Waals surface area contributed by atoms with Gasteiger partial charge in [0.1, 0.15) is 6.04 Å². The van der Waals surface area contributed by atoms with Crippen LogP contribution in [0.2, 0.25) is 5.02 Å². The Hall–Kier alpha value is -0.720. The Morgan fingerprint density at radius 2 is 1.88 bits per heavy atom. The number of amides is 1. The quantitative estimate of drug-likeness (QED) is 0.832. The molecule has 8 heteroatoms. The van der Waals surface area contributed by atoms with E-state index in [0.29, 0.717) is 6.61 Å². The number of piperazine rings is 1. The first-order valence-corrected chi connectivity index (χ1v) is 8.18. The second-order valence-electron chi connectivity index (χ2n) is 5.77. The lowest BCUT2D eigenvalue weighted by Crippen LogP contribution is -2.59. The second-order valence-corrected chi connectivity index (χ2v) is 6.18. The molecule has 136 valence electrons. The Bertz CT molecular complexity index is 539. The summed E-state index contributed by atoms with van der Waals surface area (Å²) in [4.78, 5) is 16.8. The van der Waals surface area contributed by atoms with Crippen LogP contribution in [0.5, 0.6) is 0 Å². The van der Waals surface area contributed by atoms with E-state index in [-0.39, 0.29) is 42.9 Å². The number of para-hydroxylation sites is 1. The van der Waals surface area contributed by atoms with Gasteiger partial charge in [0.05, 0.1) is 23.4 Å². The molecule has 0 unspecified atom stereocenters. The van der Waals surface area contributed by atoms with Crippen LogP contribution < -0.4 is 10.2 Å². The van der Waals surface area contributed by atoms with Crippen molar-refractivity contribution in [1.29, 1.82) is 0 Å². The summed E-state index contributed by atoms with van der Waals surface area (Å²) in [6.07, 6.45) is -0.0668. The van der Waals surface area contributed by atoms with Crippen molar-refractivity contribution in [2.24, 2.45) is 0 Å². The molecule has 2 fully saturated rings. The third-order valence-electron chi connectivity index (χ3n) is 4.37. The molecule has 0 saturated carbocycles. The topological polar surface area (TPSA) is 44.8 Å². The minimum atomic E-state index is -0.222. The molecule has 0 aliphatic carbocycles. The van der Waals surface area contributed by atoms with Gasteiger partial charge in [-0.05, 0) is 19.1 Å². The number of nitrogens with one attached hydrogen (secondary N) is 1. The Kier molecular flexibility index (Phi) is 8.60. The summed E-state index contributed by atoms with van der Waals surface area (Å²) < 4.78 is 5.57. The molecule has 5 nitrogen and oxygen atoms in total. The predicted octanol–water partition coefficient (Wildman–Crippen LogP) is 2.21. The molecule has 2 aliphatic heterocycles. The summed E-state index contributed by atoms with van der Waals surface area (Å²) in [6.45, 7) is 6.40. The highest BCUT2D eigenvalue weighted by molar-refractivity contribution is 6.33. The van der Waals surface area contributed by atoms with Gasteiger partial charge in [0.25, 0.3) is 0 Å². The molecule has 2 heterocycles. The summed E-state index contributed by atoms with van der Waals surface area (Å²) >= 11 is 6.25. The summed E-state index contributed by atoms with van der Waals surface area (Å²) in [5, 5.41) is 4.03. The lowest BCUT2D eigenvalue weighted by molar-refractivity contribution is -0.139. The van der Waals surface area contributed by atoms with Crippen molar-refractivity contribution in [2.45, 2.75) is 19.1 Å². The van der Waals surface area contributed by atoms with E-state index in [2.05, 4.69) is 10.2 Å². The maximum Gasteiger partial charge on any atom is 0.242 e. The fourth-order valence-electron chi connectivity index (χ4n) is 3.08. The molecule has 2 saturated heterocycles. The summed E-state index contributed by atoms with van der Waals surface area (Å²) in [7, 11) is 0. The van der Waals surface area contributed by atoms with Crippen molar-refractivity contribution in [3.63, 3.8) is 0 Å². The molecule has 3 rings (SSSR count). The summed E-state index contributed by atoms with van der Waals surface area (Å²) in [6, 6.07) is 7.63. The summed E-state index contributed by atoms with van der Waals surface area (Å²) in [5.41, 5.74) is 1.05. The zero-order chi connectivity index (χ0) is 15.5. The standard InChI is InChI=1S/C16H22ClN3O2.2ClH/c1-12-15(18-6-11-22-12)16(21)20-9-7-19(8-10-20)14-5-3-2-4-13(14)17;;/h2-5,12,15,18H,6-11H2,1H3;2*1H/t12-,15+;;/m1../s1. The maximum absolute atomic E-state index is 12.6. The van der Waals surface area contributed by atoms with Gasteiger partial charge in [-0.1, -0.05) is 23.7 Å². The number of rotatable bonds is 2. The van der Waals surface area contributed by atoms with E-state index in [0.717, 1.165) is 43.4 Å². The molecule has 0 bridgehead atoms. The van der Waals surface area contributed by atoms with Crippen molar-refractivity contribution in [2.75, 3.05) is 44.2 Å². The van der Waals surface area contributed by atoms with Gasteiger partial charge in [0.15, 0.2) is 0 Å². The molecule has 1 aromatic carbocycles. The molecule has 1 N–H and O–H groups in total. The highest BCUT2D eigenvalue weighted by Crippen LogP contribution is 2.26. The SMILES string of the molecule is C[C@H]1OCCN[C@@H]1C(=O)N1CCN(c2ccccc2Cl)CC1.Cl.Cl. The number of carbonyl (C=O) groups excluding carboxylic acids is 1. The zero-order valence-electron chi connectivity index (χ0n) is 13.6. The number of benzene rings is 1. The van der Waals surface area contributed by atoms with Crippen molar-refractivity contribution in [3.05, 3.63) is 29.3 Å². The molecule has 24 heavy (non-hydrogen) atoms. The number of anilines is 1. The molecular formula is C16H24Cl3N3O2. The first-order chi connectivity index (χ1) is 10.7. The van der Waals surface area contributed by atoms with Crippen molar-refractivity contribution in [3.8, 4) is 0 Å². The van der Waals surface area contributed by atoms with E-state index >= 15 is 0 Å². The Labute approximate surface area is 160 Å². The van der Waals surface area contributed by atoms with E-state index in [4.69, 9.17) is 16.3 Å². The largest absolute Gasteiger partial charge is 0.375 e. The normalized spacial score (nSPS) is 23.9. The molecule has 0 radical (unpaired) electrons. The number of nitrogens with zero attached hydrogens (tertiary/aromatic N) is 2. The van der Waals surface area contributed by atoms with E-state index in [1.165, 1.54) is 0 Å². The Balaban J connectivity index is 0.00000144. The lowest BCUT2D eigenvalue weighted by atomic mass is 10.1. The number of carbonyl (C=O) groups is 1. The van der Waals surface area contributed by atoms with Gasteiger partial charge < -0.3 is 19.9 Å². The van der Waals surface area contributed by atoms with Gasteiger partial charge >= 0.3 is 0 Å². The molecule has 2 aliphatic rings. The van der Waals surface area contributed by atoms with Crippen LogP contribution in [0.15, 0.2) is 24.3 Å². The lowest BCUT2D eigenvalue weighted by Gasteiger charge is -2.39. The molecule has 2 atom stereocenters. The van der Waals surface area contributed by atoms with Crippen LogP contribution in [-0.4, -0.2) is 62.3 Å². The first-order valence-electron chi connectivity index (χ1n) is 7.80. The number of hydrogen-bond donors (Lipinski definition) is 1. The van der Waals surface area contributed by atoms with Gasteiger partial charge in [0.2, 0.25) is 5.91 Å². The number of ether oxygens (including phenoxy) is 1. The highest BCUT2D eigenvalue weighted by Gasteiger charge is 2.33. The van der Waals surface area contributed by atoms with Crippen LogP contribution in [0.25, 0.3) is 0 Å². The fraction of sp³-hybridized carbons (Fsp3) is 0.562. The minimum Gasteiger partial charge on any atom is -0.375 e. The van der Waals surface area contributed by atoms with Crippen LogP contribution in [0.1, 0.15) is 6.92 Å². The summed E-state index contributed by atoms with van der Waals surface area (Å²) in [5.74, 6) is 0.144. The zero-order valence-corrected chi connectivity index (χ0v) is 16.0. The van der Waals surface area contributed by atoms with Gasteiger partial charge in [-0.3, -0.25) is 4.79 Å². The molecule has 1 amide bonds. The minimum absolute atomic E-state index is 0. The molecule has 1 aromatic rings. The van der Waals surface area contributed by atoms with Crippen LogP contribution in [-0.2, 0) is 9.53 Å². The first kappa shape index (κ1) is 21.3. The van der Waals surface area contributed by atoms with E-state index < -0.39 is 0 Å². The van der Waals surface area contributed by atoms with Gasteiger partial charge in [0, 0.05) is 32.7 Å². The number of halogens is 3. The molecule has 0 spiro atoms. The second kappa shape index (κ2) is 9.68. The average Bonchev–Trinajstić information content (AvgIpc) is 2.55. The third kappa shape index (κ3) is 4.67. The monoisotopic (exact) mass is 395 g/mol. The third-order valence-corrected chi connectivity index (χ3v) is 4.69. The van der Waals surface area contributed by atoms with Gasteiger partial charge in [-0.2, -0.15) is 0 Å². The Morgan fingerprint density at radius 1 is 1.21 bits per heavy atom. The Morgan fingerprint density at radius 3 is 2.50 bits per heavy atom. The number of morpholine rings is 1. The predicted molar refractivity (Wildman–Crippen MR) is 102 cm³/mol. The smallest absolute Gasteiger partial charge is 0.242 e. The highest BCUT2D eigenvalue weighted by atomic mass is 35.5. The molecule has 0 aromatic heterocycles. The average molecular weight is 397 g/mol. The van der Waals surface area contributed by atoms with Gasteiger partial charge in [-0.15, -0.1) is 24.8 Å². The van der Waals surface area contributed by atoms with E-state index in [9.17, 15) is 4.79 Å². The van der Waals surface area contributed by atoms with Crippen LogP contribution in [0, 0.1) is 0 Å².